The number of hydrogen-bond acceptors (Lipinski definition) is 4. The third kappa shape index (κ3) is 4.19. The molecule has 1 amide bonds. The molecule has 1 aliphatic heterocycles. The minimum absolute atomic E-state index is 0.157. The van der Waals surface area contributed by atoms with Gasteiger partial charge in [0.2, 0.25) is 5.91 Å². The van der Waals surface area contributed by atoms with Crippen molar-refractivity contribution in [1.29, 1.82) is 0 Å². The van der Waals surface area contributed by atoms with E-state index in [0.717, 1.165) is 32.1 Å². The average Bonchev–Trinajstić information content (AvgIpc) is 3.00. The van der Waals surface area contributed by atoms with Crippen molar-refractivity contribution in [3.05, 3.63) is 0 Å². The first-order valence-corrected chi connectivity index (χ1v) is 8.14. The van der Waals surface area contributed by atoms with Gasteiger partial charge in [0.15, 0.2) is 0 Å². The van der Waals surface area contributed by atoms with Gasteiger partial charge in [-0.1, -0.05) is 33.1 Å². The number of amides is 1. The van der Waals surface area contributed by atoms with Crippen LogP contribution in [0.3, 0.4) is 0 Å². The highest BCUT2D eigenvalue weighted by Gasteiger charge is 2.43. The zero-order chi connectivity index (χ0) is 15.3. The first-order chi connectivity index (χ1) is 10.0. The van der Waals surface area contributed by atoms with Crippen LogP contribution in [-0.4, -0.2) is 36.7 Å². The number of carbonyl (C=O) groups excluding carboxylic acids is 2. The molecule has 0 aromatic heterocycles. The fourth-order valence-corrected chi connectivity index (χ4v) is 3.02. The van der Waals surface area contributed by atoms with Crippen LogP contribution >= 0.6 is 0 Å². The number of nitrogens with one attached hydrogen (secondary N) is 1. The Morgan fingerprint density at radius 1 is 1.24 bits per heavy atom. The van der Waals surface area contributed by atoms with Gasteiger partial charge in [-0.25, -0.2) is 4.79 Å². The van der Waals surface area contributed by atoms with Gasteiger partial charge in [-0.3, -0.25) is 4.79 Å². The topological polar surface area (TPSA) is 64.6 Å². The second-order valence-corrected chi connectivity index (χ2v) is 6.63. The summed E-state index contributed by atoms with van der Waals surface area (Å²) in [6.45, 7) is 5.04. The molecule has 0 aromatic rings. The molecular formula is C16H27NO4. The summed E-state index contributed by atoms with van der Waals surface area (Å²) in [4.78, 5) is 24.8. The Labute approximate surface area is 126 Å². The normalized spacial score (nSPS) is 24.8. The van der Waals surface area contributed by atoms with Gasteiger partial charge >= 0.3 is 5.97 Å². The van der Waals surface area contributed by atoms with Crippen LogP contribution in [0.25, 0.3) is 0 Å². The quantitative estimate of drug-likeness (QED) is 0.790. The van der Waals surface area contributed by atoms with Crippen molar-refractivity contribution in [2.45, 2.75) is 70.4 Å². The highest BCUT2D eigenvalue weighted by Crippen LogP contribution is 2.30. The molecular weight excluding hydrogens is 270 g/mol. The lowest BCUT2D eigenvalue weighted by Crippen LogP contribution is -2.58. The fraction of sp³-hybridized carbons (Fsp3) is 0.875. The van der Waals surface area contributed by atoms with Gasteiger partial charge in [-0.2, -0.15) is 0 Å². The van der Waals surface area contributed by atoms with Crippen molar-refractivity contribution in [2.75, 3.05) is 13.2 Å². The molecule has 2 aliphatic rings. The SMILES string of the molecule is CC(C)COC(=O)C1(NC(=O)[C@H]2CCCO2)CCCCC1. The van der Waals surface area contributed by atoms with Gasteiger partial charge in [0.05, 0.1) is 6.61 Å². The third-order valence-electron chi connectivity index (χ3n) is 4.23. The molecule has 1 N–H and O–H groups in total. The summed E-state index contributed by atoms with van der Waals surface area (Å²) in [5, 5.41) is 2.96. The lowest BCUT2D eigenvalue weighted by molar-refractivity contribution is -0.157. The Kier molecular flexibility index (Phi) is 5.62. The number of ether oxygens (including phenoxy) is 2. The molecule has 1 saturated heterocycles. The van der Waals surface area contributed by atoms with E-state index in [0.29, 0.717) is 32.0 Å². The van der Waals surface area contributed by atoms with Crippen molar-refractivity contribution in [3.8, 4) is 0 Å². The fourth-order valence-electron chi connectivity index (χ4n) is 3.02. The van der Waals surface area contributed by atoms with Gasteiger partial charge < -0.3 is 14.8 Å². The monoisotopic (exact) mass is 297 g/mol. The first kappa shape index (κ1) is 16.3. The Bertz CT molecular complexity index is 368. The van der Waals surface area contributed by atoms with Crippen molar-refractivity contribution in [2.24, 2.45) is 5.92 Å². The van der Waals surface area contributed by atoms with E-state index < -0.39 is 11.6 Å². The summed E-state index contributed by atoms with van der Waals surface area (Å²) < 4.78 is 10.8. The zero-order valence-corrected chi connectivity index (χ0v) is 13.2. The van der Waals surface area contributed by atoms with E-state index in [1.807, 2.05) is 13.8 Å². The molecule has 5 heteroatoms. The lowest BCUT2D eigenvalue weighted by atomic mass is 9.81. The molecule has 0 spiro atoms. The van der Waals surface area contributed by atoms with Crippen molar-refractivity contribution in [3.63, 3.8) is 0 Å². The van der Waals surface area contributed by atoms with Gasteiger partial charge in [-0.15, -0.1) is 0 Å². The molecule has 1 heterocycles. The van der Waals surface area contributed by atoms with Crippen LogP contribution < -0.4 is 5.32 Å². The molecule has 0 bridgehead atoms. The summed E-state index contributed by atoms with van der Waals surface area (Å²) in [5.41, 5.74) is -0.837. The molecule has 0 unspecified atom stereocenters. The summed E-state index contributed by atoms with van der Waals surface area (Å²) in [6.07, 6.45) is 5.58. The molecule has 0 aromatic carbocycles. The number of esters is 1. The summed E-state index contributed by atoms with van der Waals surface area (Å²) in [6, 6.07) is 0. The van der Waals surface area contributed by atoms with E-state index in [-0.39, 0.29) is 11.9 Å². The van der Waals surface area contributed by atoms with Crippen LogP contribution in [0.1, 0.15) is 58.8 Å². The second kappa shape index (κ2) is 7.25. The molecule has 0 radical (unpaired) electrons. The van der Waals surface area contributed by atoms with Crippen molar-refractivity contribution >= 4 is 11.9 Å². The largest absolute Gasteiger partial charge is 0.464 e. The highest BCUT2D eigenvalue weighted by molar-refractivity contribution is 5.90. The van der Waals surface area contributed by atoms with Crippen LogP contribution in [0, 0.1) is 5.92 Å². The molecule has 21 heavy (non-hydrogen) atoms. The Morgan fingerprint density at radius 3 is 2.52 bits per heavy atom. The van der Waals surface area contributed by atoms with Crippen LogP contribution in [0.4, 0.5) is 0 Å². The summed E-state index contributed by atoms with van der Waals surface area (Å²) in [7, 11) is 0. The predicted octanol–water partition coefficient (Wildman–Crippen LogP) is 2.18. The second-order valence-electron chi connectivity index (χ2n) is 6.63. The highest BCUT2D eigenvalue weighted by atomic mass is 16.5. The van der Waals surface area contributed by atoms with E-state index in [2.05, 4.69) is 5.32 Å². The molecule has 120 valence electrons. The smallest absolute Gasteiger partial charge is 0.331 e. The molecule has 1 atom stereocenters. The Balaban J connectivity index is 2.01. The van der Waals surface area contributed by atoms with Gasteiger partial charge in [-0.05, 0) is 31.6 Å². The van der Waals surface area contributed by atoms with E-state index in [9.17, 15) is 9.59 Å². The molecule has 2 fully saturated rings. The molecule has 1 saturated carbocycles. The Hall–Kier alpha value is -1.10. The number of rotatable bonds is 5. The van der Waals surface area contributed by atoms with Crippen LogP contribution in [0.5, 0.6) is 0 Å². The van der Waals surface area contributed by atoms with Gasteiger partial charge in [0.25, 0.3) is 0 Å². The molecule has 1 aliphatic carbocycles. The van der Waals surface area contributed by atoms with Crippen LogP contribution in [-0.2, 0) is 19.1 Å². The van der Waals surface area contributed by atoms with E-state index in [1.165, 1.54) is 0 Å². The summed E-state index contributed by atoms with van der Waals surface area (Å²) >= 11 is 0. The zero-order valence-electron chi connectivity index (χ0n) is 13.2. The molecule has 5 nitrogen and oxygen atoms in total. The molecule has 2 rings (SSSR count). The standard InChI is InChI=1S/C16H27NO4/c1-12(2)11-21-15(19)16(8-4-3-5-9-16)17-14(18)13-7-6-10-20-13/h12-13H,3-11H2,1-2H3,(H,17,18)/t13-/m1/s1. The van der Waals surface area contributed by atoms with Gasteiger partial charge in [0.1, 0.15) is 11.6 Å². The van der Waals surface area contributed by atoms with Crippen LogP contribution in [0.15, 0.2) is 0 Å². The van der Waals surface area contributed by atoms with E-state index in [1.54, 1.807) is 0 Å². The van der Waals surface area contributed by atoms with Gasteiger partial charge in [0, 0.05) is 6.61 Å². The number of hydrogen-bond donors (Lipinski definition) is 1. The lowest BCUT2D eigenvalue weighted by Gasteiger charge is -2.36. The summed E-state index contributed by atoms with van der Waals surface area (Å²) in [5.74, 6) is -0.137. The van der Waals surface area contributed by atoms with E-state index in [4.69, 9.17) is 9.47 Å². The van der Waals surface area contributed by atoms with Crippen molar-refractivity contribution in [1.82, 2.24) is 5.32 Å². The van der Waals surface area contributed by atoms with E-state index >= 15 is 0 Å². The maximum absolute atomic E-state index is 12.5. The minimum atomic E-state index is -0.837. The third-order valence-corrected chi connectivity index (χ3v) is 4.23. The first-order valence-electron chi connectivity index (χ1n) is 8.14. The minimum Gasteiger partial charge on any atom is -0.464 e. The van der Waals surface area contributed by atoms with Crippen LogP contribution in [0.2, 0.25) is 0 Å². The Morgan fingerprint density at radius 2 is 1.95 bits per heavy atom. The number of carbonyl (C=O) groups is 2. The maximum Gasteiger partial charge on any atom is 0.331 e. The van der Waals surface area contributed by atoms with Crippen molar-refractivity contribution < 1.29 is 19.1 Å². The average molecular weight is 297 g/mol. The maximum atomic E-state index is 12.5. The predicted molar refractivity (Wildman–Crippen MR) is 78.7 cm³/mol.